The van der Waals surface area contributed by atoms with Gasteiger partial charge in [0.1, 0.15) is 5.60 Å². The molecule has 2 atom stereocenters. The molecule has 0 aromatic carbocycles. The van der Waals surface area contributed by atoms with E-state index in [4.69, 9.17) is 13.9 Å². The van der Waals surface area contributed by atoms with Gasteiger partial charge in [-0.05, 0) is 24.6 Å². The maximum absolute atomic E-state index is 6.80. The van der Waals surface area contributed by atoms with Crippen LogP contribution in [0.4, 0.5) is 0 Å². The van der Waals surface area contributed by atoms with Gasteiger partial charge in [-0.3, -0.25) is 4.99 Å². The summed E-state index contributed by atoms with van der Waals surface area (Å²) < 4.78 is 18.9. The molecule has 1 saturated heterocycles. The Labute approximate surface area is 123 Å². The Balaban J connectivity index is 1.94. The summed E-state index contributed by atoms with van der Waals surface area (Å²) in [6, 6.07) is 0.387. The molecule has 4 nitrogen and oxygen atoms in total. The lowest BCUT2D eigenvalue weighted by Crippen LogP contribution is -2.64. The third kappa shape index (κ3) is 2.02. The van der Waals surface area contributed by atoms with Crippen LogP contribution in [-0.2, 0) is 13.9 Å². The van der Waals surface area contributed by atoms with Gasteiger partial charge in [0.2, 0.25) is 5.79 Å². The van der Waals surface area contributed by atoms with E-state index in [-0.39, 0.29) is 5.04 Å². The van der Waals surface area contributed by atoms with Crippen molar-refractivity contribution in [3.05, 3.63) is 0 Å². The van der Waals surface area contributed by atoms with Crippen molar-refractivity contribution < 1.29 is 13.9 Å². The first-order valence-corrected chi connectivity index (χ1v) is 10.6. The van der Waals surface area contributed by atoms with Crippen LogP contribution in [-0.4, -0.2) is 45.2 Å². The number of aliphatic imine (C=N–C) groups is 1. The van der Waals surface area contributed by atoms with Crippen molar-refractivity contribution in [1.82, 2.24) is 0 Å². The van der Waals surface area contributed by atoms with Crippen LogP contribution in [0.25, 0.3) is 0 Å². The molecule has 0 amide bonds. The molecule has 114 valence electrons. The molecule has 1 aliphatic carbocycles. The summed E-state index contributed by atoms with van der Waals surface area (Å²) in [5.41, 5.74) is -0.463. The normalized spacial score (nSPS) is 36.0. The zero-order valence-corrected chi connectivity index (χ0v) is 14.4. The zero-order chi connectivity index (χ0) is 14.6. The molecule has 1 spiro atoms. The van der Waals surface area contributed by atoms with E-state index in [9.17, 15) is 0 Å². The van der Waals surface area contributed by atoms with Gasteiger partial charge < -0.3 is 13.9 Å². The minimum atomic E-state index is -1.90. The predicted molar refractivity (Wildman–Crippen MR) is 81.8 cm³/mol. The first-order chi connectivity index (χ1) is 9.20. The van der Waals surface area contributed by atoms with Gasteiger partial charge in [-0.1, -0.05) is 20.8 Å². The molecule has 3 aliphatic rings. The number of fused-ring (bicyclic) bond motifs is 3. The fourth-order valence-corrected chi connectivity index (χ4v) is 4.79. The summed E-state index contributed by atoms with van der Waals surface area (Å²) in [4.78, 5) is 4.67. The van der Waals surface area contributed by atoms with E-state index in [0.717, 1.165) is 19.3 Å². The summed E-state index contributed by atoms with van der Waals surface area (Å²) >= 11 is 0. The second-order valence-electron chi connectivity index (χ2n) is 7.88. The predicted octanol–water partition coefficient (Wildman–Crippen LogP) is 3.13. The van der Waals surface area contributed by atoms with Gasteiger partial charge in [-0.2, -0.15) is 0 Å². The standard InChI is InChI=1S/C15H27NO3Si/c1-13(2,3)20(4,5)19-14-10-12(16-11-14)6-7-15(14)17-8-9-18-15/h11-12H,6-10H2,1-5H3. The van der Waals surface area contributed by atoms with E-state index in [2.05, 4.69) is 38.9 Å². The van der Waals surface area contributed by atoms with Crippen LogP contribution in [0.1, 0.15) is 40.0 Å². The molecular weight excluding hydrogens is 270 g/mol. The van der Waals surface area contributed by atoms with Gasteiger partial charge in [-0.15, -0.1) is 0 Å². The molecule has 2 aliphatic heterocycles. The van der Waals surface area contributed by atoms with Crippen molar-refractivity contribution in [2.24, 2.45) is 4.99 Å². The van der Waals surface area contributed by atoms with Gasteiger partial charge >= 0.3 is 0 Å². The lowest BCUT2D eigenvalue weighted by molar-refractivity contribution is -0.250. The topological polar surface area (TPSA) is 40.0 Å². The fourth-order valence-electron chi connectivity index (χ4n) is 3.28. The highest BCUT2D eigenvalue weighted by atomic mass is 28.4. The Morgan fingerprint density at radius 3 is 2.50 bits per heavy atom. The molecule has 3 rings (SSSR count). The molecule has 2 unspecified atom stereocenters. The SMILES string of the molecule is CC(C)(C)[Si](C)(C)OC12C=NC(CCC13OCCO3)C2. The molecule has 1 saturated carbocycles. The van der Waals surface area contributed by atoms with Crippen LogP contribution in [0, 0.1) is 0 Å². The minimum Gasteiger partial charge on any atom is -0.401 e. The Kier molecular flexibility index (Phi) is 3.22. The van der Waals surface area contributed by atoms with Crippen LogP contribution < -0.4 is 0 Å². The highest BCUT2D eigenvalue weighted by Crippen LogP contribution is 2.52. The largest absolute Gasteiger partial charge is 0.401 e. The second-order valence-corrected chi connectivity index (χ2v) is 12.6. The first kappa shape index (κ1) is 14.7. The second kappa shape index (κ2) is 4.38. The third-order valence-electron chi connectivity index (χ3n) is 5.48. The van der Waals surface area contributed by atoms with Crippen molar-refractivity contribution in [1.29, 1.82) is 0 Å². The molecule has 0 radical (unpaired) electrons. The molecule has 0 aromatic rings. The third-order valence-corrected chi connectivity index (χ3v) is 9.97. The van der Waals surface area contributed by atoms with Gasteiger partial charge in [0.25, 0.3) is 0 Å². The molecule has 2 bridgehead atoms. The fraction of sp³-hybridized carbons (Fsp3) is 0.933. The zero-order valence-electron chi connectivity index (χ0n) is 13.4. The summed E-state index contributed by atoms with van der Waals surface area (Å²) in [6.07, 6.45) is 4.86. The average molecular weight is 297 g/mol. The first-order valence-electron chi connectivity index (χ1n) is 7.72. The van der Waals surface area contributed by atoms with E-state index in [1.165, 1.54) is 0 Å². The van der Waals surface area contributed by atoms with Crippen LogP contribution in [0.5, 0.6) is 0 Å². The Hall–Kier alpha value is -0.233. The number of rotatable bonds is 2. The van der Waals surface area contributed by atoms with Crippen LogP contribution in [0.15, 0.2) is 4.99 Å². The van der Waals surface area contributed by atoms with Gasteiger partial charge in [0.05, 0.1) is 19.3 Å². The minimum absolute atomic E-state index is 0.172. The lowest BCUT2D eigenvalue weighted by Gasteiger charge is -2.51. The number of nitrogens with zero attached hydrogens (tertiary/aromatic N) is 1. The molecule has 2 heterocycles. The molecular formula is C15H27NO3Si. The maximum Gasteiger partial charge on any atom is 0.202 e. The van der Waals surface area contributed by atoms with Crippen LogP contribution >= 0.6 is 0 Å². The van der Waals surface area contributed by atoms with Crippen molar-refractivity contribution in [3.63, 3.8) is 0 Å². The van der Waals surface area contributed by atoms with E-state index >= 15 is 0 Å². The molecule has 2 fully saturated rings. The van der Waals surface area contributed by atoms with Crippen LogP contribution in [0.3, 0.4) is 0 Å². The smallest absolute Gasteiger partial charge is 0.202 e. The maximum atomic E-state index is 6.80. The van der Waals surface area contributed by atoms with Crippen molar-refractivity contribution >= 4 is 14.5 Å². The van der Waals surface area contributed by atoms with Crippen molar-refractivity contribution in [2.75, 3.05) is 13.2 Å². The summed E-state index contributed by atoms with van der Waals surface area (Å²) in [7, 11) is -1.90. The van der Waals surface area contributed by atoms with Crippen molar-refractivity contribution in [2.45, 2.75) is 75.6 Å². The molecule has 0 aromatic heterocycles. The lowest BCUT2D eigenvalue weighted by atomic mass is 9.80. The van der Waals surface area contributed by atoms with Crippen molar-refractivity contribution in [3.8, 4) is 0 Å². The van der Waals surface area contributed by atoms with Crippen LogP contribution in [0.2, 0.25) is 18.1 Å². The van der Waals surface area contributed by atoms with Gasteiger partial charge in [0, 0.05) is 19.1 Å². The van der Waals surface area contributed by atoms with E-state index < -0.39 is 19.7 Å². The number of hydrogen-bond acceptors (Lipinski definition) is 4. The summed E-state index contributed by atoms with van der Waals surface area (Å²) in [6.45, 7) is 12.7. The molecule has 0 N–H and O–H groups in total. The average Bonchev–Trinajstić information content (AvgIpc) is 2.90. The van der Waals surface area contributed by atoms with E-state index in [1.807, 2.05) is 6.21 Å². The van der Waals surface area contributed by atoms with E-state index in [1.54, 1.807) is 0 Å². The Morgan fingerprint density at radius 2 is 1.90 bits per heavy atom. The highest BCUT2D eigenvalue weighted by molar-refractivity contribution is 6.74. The molecule has 20 heavy (non-hydrogen) atoms. The number of ether oxygens (including phenoxy) is 2. The quantitative estimate of drug-likeness (QED) is 0.735. The highest BCUT2D eigenvalue weighted by Gasteiger charge is 2.64. The molecule has 5 heteroatoms. The summed E-state index contributed by atoms with van der Waals surface area (Å²) in [5.74, 6) is -0.584. The van der Waals surface area contributed by atoms with Gasteiger partial charge in [0.15, 0.2) is 8.32 Å². The Bertz CT molecular complexity index is 423. The summed E-state index contributed by atoms with van der Waals surface area (Å²) in [5, 5.41) is 0.172. The van der Waals surface area contributed by atoms with E-state index in [0.29, 0.717) is 19.3 Å². The van der Waals surface area contributed by atoms with Gasteiger partial charge in [-0.25, -0.2) is 0 Å². The Morgan fingerprint density at radius 1 is 1.25 bits per heavy atom. The number of hydrogen-bond donors (Lipinski definition) is 0. The monoisotopic (exact) mass is 297 g/mol.